The SMILES string of the molecule is CC(C)c1cc2cc3c(nc2cn1)CCC(C(C)C)NC(=O)C3. The molecule has 2 aromatic rings. The molecule has 0 aromatic carbocycles. The Morgan fingerprint density at radius 3 is 2.70 bits per heavy atom. The van der Waals surface area contributed by atoms with Gasteiger partial charge in [0, 0.05) is 22.8 Å². The number of nitrogens with zero attached hydrogens (tertiary/aromatic N) is 2. The fourth-order valence-electron chi connectivity index (χ4n) is 3.16. The molecule has 0 bridgehead atoms. The minimum absolute atomic E-state index is 0.101. The van der Waals surface area contributed by atoms with Crippen molar-refractivity contribution in [1.29, 1.82) is 0 Å². The third kappa shape index (κ3) is 3.36. The van der Waals surface area contributed by atoms with E-state index in [9.17, 15) is 4.79 Å². The third-order valence-electron chi connectivity index (χ3n) is 4.68. The van der Waals surface area contributed by atoms with E-state index in [1.54, 1.807) is 0 Å². The summed E-state index contributed by atoms with van der Waals surface area (Å²) >= 11 is 0. The number of fused-ring (bicyclic) bond motifs is 2. The molecule has 2 aromatic heterocycles. The summed E-state index contributed by atoms with van der Waals surface area (Å²) in [6.45, 7) is 8.57. The van der Waals surface area contributed by atoms with Gasteiger partial charge in [-0.25, -0.2) is 0 Å². The minimum Gasteiger partial charge on any atom is -0.353 e. The number of carbonyl (C=O) groups excluding carboxylic acids is 1. The predicted octanol–water partition coefficient (Wildman–Crippen LogP) is 3.38. The highest BCUT2D eigenvalue weighted by Crippen LogP contribution is 2.24. The largest absolute Gasteiger partial charge is 0.353 e. The highest BCUT2D eigenvalue weighted by Gasteiger charge is 2.22. The molecule has 1 amide bonds. The first-order chi connectivity index (χ1) is 10.9. The Morgan fingerprint density at radius 2 is 2.00 bits per heavy atom. The lowest BCUT2D eigenvalue weighted by Gasteiger charge is -2.25. The number of carbonyl (C=O) groups is 1. The van der Waals surface area contributed by atoms with Gasteiger partial charge in [-0.3, -0.25) is 14.8 Å². The van der Waals surface area contributed by atoms with Gasteiger partial charge in [0.25, 0.3) is 0 Å². The molecule has 0 spiro atoms. The predicted molar refractivity (Wildman–Crippen MR) is 92.4 cm³/mol. The van der Waals surface area contributed by atoms with E-state index in [0.29, 0.717) is 18.3 Å². The number of hydrogen-bond donors (Lipinski definition) is 1. The van der Waals surface area contributed by atoms with Gasteiger partial charge in [-0.05, 0) is 42.4 Å². The van der Waals surface area contributed by atoms with Crippen LogP contribution in [0, 0.1) is 5.92 Å². The molecule has 1 unspecified atom stereocenters. The Balaban J connectivity index is 2.01. The highest BCUT2D eigenvalue weighted by atomic mass is 16.1. The number of pyridine rings is 2. The molecule has 1 aliphatic rings. The van der Waals surface area contributed by atoms with Crippen molar-refractivity contribution in [2.45, 2.75) is 58.9 Å². The summed E-state index contributed by atoms with van der Waals surface area (Å²) in [7, 11) is 0. The molecule has 0 saturated carbocycles. The molecule has 4 nitrogen and oxygen atoms in total. The zero-order chi connectivity index (χ0) is 16.6. The summed E-state index contributed by atoms with van der Waals surface area (Å²) in [6, 6.07) is 4.45. The van der Waals surface area contributed by atoms with E-state index < -0.39 is 0 Å². The molecule has 0 saturated heterocycles. The molecule has 0 aliphatic carbocycles. The van der Waals surface area contributed by atoms with E-state index in [-0.39, 0.29) is 11.9 Å². The third-order valence-corrected chi connectivity index (χ3v) is 4.68. The quantitative estimate of drug-likeness (QED) is 0.925. The molecular formula is C19H25N3O. The van der Waals surface area contributed by atoms with Crippen molar-refractivity contribution < 1.29 is 4.79 Å². The average molecular weight is 311 g/mol. The van der Waals surface area contributed by atoms with Gasteiger partial charge in [0.15, 0.2) is 0 Å². The van der Waals surface area contributed by atoms with Crippen molar-refractivity contribution in [3.05, 3.63) is 35.3 Å². The van der Waals surface area contributed by atoms with E-state index in [1.165, 1.54) is 0 Å². The van der Waals surface area contributed by atoms with Gasteiger partial charge in [0.2, 0.25) is 5.91 Å². The second kappa shape index (κ2) is 6.26. The van der Waals surface area contributed by atoms with Crippen molar-refractivity contribution in [2.75, 3.05) is 0 Å². The van der Waals surface area contributed by atoms with E-state index >= 15 is 0 Å². The van der Waals surface area contributed by atoms with E-state index in [2.05, 4.69) is 50.1 Å². The van der Waals surface area contributed by atoms with Crippen molar-refractivity contribution >= 4 is 16.8 Å². The molecular weight excluding hydrogens is 286 g/mol. The second-order valence-electron chi connectivity index (χ2n) is 7.18. The average Bonchev–Trinajstić information content (AvgIpc) is 2.48. The zero-order valence-corrected chi connectivity index (χ0v) is 14.4. The number of rotatable bonds is 2. The second-order valence-corrected chi connectivity index (χ2v) is 7.18. The lowest BCUT2D eigenvalue weighted by atomic mass is 9.93. The smallest absolute Gasteiger partial charge is 0.224 e. The molecule has 3 heterocycles. The normalized spacial score (nSPS) is 18.7. The maximum Gasteiger partial charge on any atom is 0.224 e. The van der Waals surface area contributed by atoms with Gasteiger partial charge in [0.1, 0.15) is 0 Å². The number of nitrogens with one attached hydrogen (secondary N) is 1. The molecule has 0 radical (unpaired) electrons. The van der Waals surface area contributed by atoms with Crippen LogP contribution >= 0.6 is 0 Å². The van der Waals surface area contributed by atoms with Crippen LogP contribution in [-0.2, 0) is 17.6 Å². The topological polar surface area (TPSA) is 54.9 Å². The van der Waals surface area contributed by atoms with E-state index in [0.717, 1.165) is 40.7 Å². The molecule has 1 N–H and O–H groups in total. The molecule has 122 valence electrons. The summed E-state index contributed by atoms with van der Waals surface area (Å²) in [6.07, 6.45) is 4.12. The summed E-state index contributed by atoms with van der Waals surface area (Å²) in [5, 5.41) is 4.24. The van der Waals surface area contributed by atoms with Crippen molar-refractivity contribution in [1.82, 2.24) is 15.3 Å². The van der Waals surface area contributed by atoms with Crippen molar-refractivity contribution in [3.63, 3.8) is 0 Å². The summed E-state index contributed by atoms with van der Waals surface area (Å²) < 4.78 is 0. The fraction of sp³-hybridized carbons (Fsp3) is 0.526. The molecule has 0 fully saturated rings. The minimum atomic E-state index is 0.101. The summed E-state index contributed by atoms with van der Waals surface area (Å²) in [4.78, 5) is 21.6. The Bertz CT molecular complexity index is 737. The molecule has 23 heavy (non-hydrogen) atoms. The molecule has 1 aliphatic heterocycles. The van der Waals surface area contributed by atoms with Gasteiger partial charge in [-0.2, -0.15) is 0 Å². The standard InChI is InChI=1S/C19H25N3O/c1-11(2)15-5-6-16-14(9-19(23)22-15)7-13-8-17(12(3)4)20-10-18(13)21-16/h7-8,10-12,15H,5-6,9H2,1-4H3,(H,22,23). The maximum absolute atomic E-state index is 12.3. The fourth-order valence-corrected chi connectivity index (χ4v) is 3.16. The van der Waals surface area contributed by atoms with Crippen LogP contribution in [0.1, 0.15) is 57.0 Å². The van der Waals surface area contributed by atoms with Gasteiger partial charge in [0.05, 0.1) is 18.1 Å². The highest BCUT2D eigenvalue weighted by molar-refractivity contribution is 5.83. The number of aromatic nitrogens is 2. The zero-order valence-electron chi connectivity index (χ0n) is 14.4. The van der Waals surface area contributed by atoms with Crippen LogP contribution in [0.5, 0.6) is 0 Å². The van der Waals surface area contributed by atoms with Gasteiger partial charge in [-0.1, -0.05) is 27.7 Å². The Hall–Kier alpha value is -1.97. The molecule has 1 atom stereocenters. The Kier molecular flexibility index (Phi) is 4.33. The van der Waals surface area contributed by atoms with Crippen molar-refractivity contribution in [2.24, 2.45) is 5.92 Å². The van der Waals surface area contributed by atoms with Crippen LogP contribution < -0.4 is 5.32 Å². The Morgan fingerprint density at radius 1 is 1.22 bits per heavy atom. The van der Waals surface area contributed by atoms with E-state index in [1.807, 2.05) is 6.20 Å². The maximum atomic E-state index is 12.3. The van der Waals surface area contributed by atoms with Crippen LogP contribution in [0.3, 0.4) is 0 Å². The van der Waals surface area contributed by atoms with Crippen LogP contribution in [0.15, 0.2) is 18.3 Å². The van der Waals surface area contributed by atoms with Gasteiger partial charge in [-0.15, -0.1) is 0 Å². The van der Waals surface area contributed by atoms with Crippen LogP contribution in [-0.4, -0.2) is 21.9 Å². The van der Waals surface area contributed by atoms with E-state index in [4.69, 9.17) is 4.98 Å². The van der Waals surface area contributed by atoms with Crippen LogP contribution in [0.2, 0.25) is 0 Å². The monoisotopic (exact) mass is 311 g/mol. The number of aryl methyl sites for hydroxylation is 1. The summed E-state index contributed by atoms with van der Waals surface area (Å²) in [5.74, 6) is 0.927. The number of amides is 1. The van der Waals surface area contributed by atoms with Crippen molar-refractivity contribution in [3.8, 4) is 0 Å². The first kappa shape index (κ1) is 15.9. The summed E-state index contributed by atoms with van der Waals surface area (Å²) in [5.41, 5.74) is 4.10. The molecule has 3 rings (SSSR count). The first-order valence-electron chi connectivity index (χ1n) is 8.52. The first-order valence-corrected chi connectivity index (χ1v) is 8.52. The number of hydrogen-bond acceptors (Lipinski definition) is 3. The van der Waals surface area contributed by atoms with Gasteiger partial charge < -0.3 is 5.32 Å². The lowest BCUT2D eigenvalue weighted by Crippen LogP contribution is -2.41. The lowest BCUT2D eigenvalue weighted by molar-refractivity contribution is -0.121. The molecule has 4 heteroatoms. The Labute approximate surface area is 137 Å². The van der Waals surface area contributed by atoms with Gasteiger partial charge >= 0.3 is 0 Å². The van der Waals surface area contributed by atoms with Crippen LogP contribution in [0.4, 0.5) is 0 Å². The van der Waals surface area contributed by atoms with Crippen LogP contribution in [0.25, 0.3) is 10.9 Å².